The molecule has 19 heavy (non-hydrogen) atoms. The average Bonchev–Trinajstić information content (AvgIpc) is 2.47. The SMILES string of the molecule is NCC(=O)Nc1cccc([S+]([O-])c2ccccc2)c1. The van der Waals surface area contributed by atoms with E-state index in [0.717, 1.165) is 4.90 Å². The van der Waals surface area contributed by atoms with E-state index in [1.807, 2.05) is 18.2 Å². The zero-order valence-corrected chi connectivity index (χ0v) is 11.0. The smallest absolute Gasteiger partial charge is 0.238 e. The van der Waals surface area contributed by atoms with E-state index in [1.54, 1.807) is 36.4 Å². The second-order valence-corrected chi connectivity index (χ2v) is 5.34. The van der Waals surface area contributed by atoms with E-state index < -0.39 is 11.2 Å². The molecule has 0 aromatic heterocycles. The summed E-state index contributed by atoms with van der Waals surface area (Å²) in [4.78, 5) is 12.6. The predicted molar refractivity (Wildman–Crippen MR) is 75.2 cm³/mol. The van der Waals surface area contributed by atoms with Crippen molar-refractivity contribution in [2.45, 2.75) is 9.79 Å². The van der Waals surface area contributed by atoms with Gasteiger partial charge in [0.1, 0.15) is 0 Å². The number of nitrogens with one attached hydrogen (secondary N) is 1. The molecule has 1 unspecified atom stereocenters. The van der Waals surface area contributed by atoms with E-state index in [4.69, 9.17) is 5.73 Å². The molecule has 2 rings (SSSR count). The fraction of sp³-hybridized carbons (Fsp3) is 0.0714. The Morgan fingerprint density at radius 1 is 1.11 bits per heavy atom. The van der Waals surface area contributed by atoms with E-state index in [-0.39, 0.29) is 12.5 Å². The van der Waals surface area contributed by atoms with Gasteiger partial charge in [-0.25, -0.2) is 0 Å². The fourth-order valence-electron chi connectivity index (χ4n) is 1.58. The molecular formula is C14H14N2O2S. The van der Waals surface area contributed by atoms with Gasteiger partial charge >= 0.3 is 0 Å². The molecule has 5 heteroatoms. The summed E-state index contributed by atoms with van der Waals surface area (Å²) in [5.41, 5.74) is 5.83. The Morgan fingerprint density at radius 3 is 2.47 bits per heavy atom. The summed E-state index contributed by atoms with van der Waals surface area (Å²) in [6.45, 7) is -0.0774. The Hall–Kier alpha value is -1.82. The molecule has 0 bridgehead atoms. The lowest BCUT2D eigenvalue weighted by molar-refractivity contribution is -0.114. The second-order valence-electron chi connectivity index (χ2n) is 3.86. The van der Waals surface area contributed by atoms with Gasteiger partial charge in [0.05, 0.1) is 6.54 Å². The number of carbonyl (C=O) groups excluding carboxylic acids is 1. The van der Waals surface area contributed by atoms with Crippen molar-refractivity contribution in [1.82, 2.24) is 0 Å². The summed E-state index contributed by atoms with van der Waals surface area (Å²) in [6, 6.07) is 16.1. The number of amides is 1. The van der Waals surface area contributed by atoms with Gasteiger partial charge < -0.3 is 15.6 Å². The molecule has 0 fully saturated rings. The lowest BCUT2D eigenvalue weighted by Gasteiger charge is -2.11. The summed E-state index contributed by atoms with van der Waals surface area (Å²) < 4.78 is 12.3. The first kappa shape index (κ1) is 13.6. The molecular weight excluding hydrogens is 260 g/mol. The lowest BCUT2D eigenvalue weighted by atomic mass is 10.3. The van der Waals surface area contributed by atoms with E-state index in [1.165, 1.54) is 0 Å². The normalized spacial score (nSPS) is 11.9. The molecule has 0 aliphatic heterocycles. The van der Waals surface area contributed by atoms with Crippen LogP contribution in [0, 0.1) is 0 Å². The van der Waals surface area contributed by atoms with Gasteiger partial charge in [0.2, 0.25) is 5.91 Å². The van der Waals surface area contributed by atoms with Crippen molar-refractivity contribution < 1.29 is 9.35 Å². The Labute approximate surface area is 114 Å². The molecule has 2 aromatic rings. The van der Waals surface area contributed by atoms with E-state index >= 15 is 0 Å². The van der Waals surface area contributed by atoms with Crippen LogP contribution in [0.3, 0.4) is 0 Å². The van der Waals surface area contributed by atoms with E-state index in [9.17, 15) is 9.35 Å². The van der Waals surface area contributed by atoms with Crippen molar-refractivity contribution in [2.75, 3.05) is 11.9 Å². The van der Waals surface area contributed by atoms with Crippen LogP contribution in [0.2, 0.25) is 0 Å². The fourth-order valence-corrected chi connectivity index (χ4v) is 2.69. The largest absolute Gasteiger partial charge is 0.606 e. The van der Waals surface area contributed by atoms with Crippen molar-refractivity contribution in [3.8, 4) is 0 Å². The first-order valence-corrected chi connectivity index (χ1v) is 6.92. The van der Waals surface area contributed by atoms with Crippen molar-refractivity contribution in [3.63, 3.8) is 0 Å². The summed E-state index contributed by atoms with van der Waals surface area (Å²) in [7, 11) is 0. The number of benzene rings is 2. The monoisotopic (exact) mass is 274 g/mol. The minimum atomic E-state index is -1.26. The first-order valence-electron chi connectivity index (χ1n) is 5.77. The summed E-state index contributed by atoms with van der Waals surface area (Å²) in [5.74, 6) is -0.275. The quantitative estimate of drug-likeness (QED) is 0.834. The van der Waals surface area contributed by atoms with Gasteiger partial charge in [-0.3, -0.25) is 4.79 Å². The number of hydrogen-bond donors (Lipinski definition) is 2. The van der Waals surface area contributed by atoms with E-state index in [2.05, 4.69) is 5.32 Å². The summed E-state index contributed by atoms with van der Waals surface area (Å²) in [6.07, 6.45) is 0. The maximum absolute atomic E-state index is 12.3. The van der Waals surface area contributed by atoms with Crippen LogP contribution in [0.4, 0.5) is 5.69 Å². The molecule has 2 aromatic carbocycles. The van der Waals surface area contributed by atoms with Crippen LogP contribution < -0.4 is 11.1 Å². The van der Waals surface area contributed by atoms with Gasteiger partial charge in [0.15, 0.2) is 9.79 Å². The predicted octanol–water partition coefficient (Wildman–Crippen LogP) is 1.75. The summed E-state index contributed by atoms with van der Waals surface area (Å²) in [5, 5.41) is 2.64. The number of anilines is 1. The molecule has 0 spiro atoms. The van der Waals surface area contributed by atoms with Crippen LogP contribution in [-0.4, -0.2) is 17.0 Å². The molecule has 0 aliphatic carbocycles. The van der Waals surface area contributed by atoms with Crippen LogP contribution in [0.1, 0.15) is 0 Å². The van der Waals surface area contributed by atoms with E-state index in [0.29, 0.717) is 10.6 Å². The summed E-state index contributed by atoms with van der Waals surface area (Å²) >= 11 is -1.26. The van der Waals surface area contributed by atoms with Gasteiger partial charge in [-0.15, -0.1) is 0 Å². The molecule has 1 amide bonds. The highest BCUT2D eigenvalue weighted by Gasteiger charge is 2.14. The van der Waals surface area contributed by atoms with Crippen LogP contribution in [0.5, 0.6) is 0 Å². The second kappa shape index (κ2) is 6.38. The Kier molecular flexibility index (Phi) is 4.57. The molecule has 0 saturated heterocycles. The van der Waals surface area contributed by atoms with Crippen LogP contribution >= 0.6 is 0 Å². The van der Waals surface area contributed by atoms with Crippen molar-refractivity contribution >= 4 is 22.8 Å². The highest BCUT2D eigenvalue weighted by Crippen LogP contribution is 2.22. The third kappa shape index (κ3) is 3.57. The minimum Gasteiger partial charge on any atom is -0.606 e. The Balaban J connectivity index is 2.21. The van der Waals surface area contributed by atoms with Crippen LogP contribution in [0.25, 0.3) is 0 Å². The molecule has 0 radical (unpaired) electrons. The maximum Gasteiger partial charge on any atom is 0.238 e. The number of nitrogens with two attached hydrogens (primary N) is 1. The third-order valence-electron chi connectivity index (χ3n) is 2.47. The highest BCUT2D eigenvalue weighted by molar-refractivity contribution is 7.91. The molecule has 4 nitrogen and oxygen atoms in total. The number of carbonyl (C=O) groups is 1. The molecule has 0 saturated carbocycles. The van der Waals surface area contributed by atoms with Gasteiger partial charge in [-0.05, 0) is 24.3 Å². The highest BCUT2D eigenvalue weighted by atomic mass is 32.2. The van der Waals surface area contributed by atoms with Crippen LogP contribution in [-0.2, 0) is 16.0 Å². The van der Waals surface area contributed by atoms with Crippen molar-refractivity contribution in [1.29, 1.82) is 0 Å². The first-order chi connectivity index (χ1) is 9.20. The standard InChI is InChI=1S/C14H14N2O2S/c15-10-14(17)16-11-5-4-8-13(9-11)19(18)12-6-2-1-3-7-12/h1-9H,10,15H2,(H,16,17). The molecule has 1 atom stereocenters. The van der Waals surface area contributed by atoms with Gasteiger partial charge in [0, 0.05) is 22.9 Å². The molecule has 0 heterocycles. The zero-order valence-electron chi connectivity index (χ0n) is 10.2. The Bertz CT molecular complexity index is 560. The van der Waals surface area contributed by atoms with Gasteiger partial charge in [-0.2, -0.15) is 0 Å². The third-order valence-corrected chi connectivity index (χ3v) is 3.86. The topological polar surface area (TPSA) is 78.2 Å². The Morgan fingerprint density at radius 2 is 1.79 bits per heavy atom. The van der Waals surface area contributed by atoms with Gasteiger partial charge in [-0.1, -0.05) is 24.3 Å². The minimum absolute atomic E-state index is 0.0774. The maximum atomic E-state index is 12.3. The number of hydrogen-bond acceptors (Lipinski definition) is 3. The molecule has 98 valence electrons. The zero-order chi connectivity index (χ0) is 13.7. The molecule has 3 N–H and O–H groups in total. The van der Waals surface area contributed by atoms with Crippen LogP contribution in [0.15, 0.2) is 64.4 Å². The van der Waals surface area contributed by atoms with Crippen molar-refractivity contribution in [2.24, 2.45) is 5.73 Å². The van der Waals surface area contributed by atoms with Gasteiger partial charge in [0.25, 0.3) is 0 Å². The molecule has 0 aliphatic rings. The van der Waals surface area contributed by atoms with Crippen molar-refractivity contribution in [3.05, 3.63) is 54.6 Å². The number of rotatable bonds is 4. The lowest BCUT2D eigenvalue weighted by Crippen LogP contribution is -2.21. The average molecular weight is 274 g/mol.